The number of nitro benzene ring substituents is 1. The molecule has 0 aromatic heterocycles. The molecule has 0 saturated carbocycles. The van der Waals surface area contributed by atoms with Crippen molar-refractivity contribution in [1.29, 1.82) is 0 Å². The smallest absolute Gasteiger partial charge is 0.270 e. The quantitative estimate of drug-likeness (QED) is 0.644. The number of hydrogen-bond acceptors (Lipinski definition) is 4. The van der Waals surface area contributed by atoms with Crippen molar-refractivity contribution in [2.75, 3.05) is 18.0 Å². The highest BCUT2D eigenvalue weighted by molar-refractivity contribution is 6.33. The number of carbonyl (C=O) groups is 2. The normalized spacial score (nSPS) is 16.6. The average Bonchev–Trinajstić information content (AvgIpc) is 3.01. The van der Waals surface area contributed by atoms with Gasteiger partial charge >= 0.3 is 0 Å². The first-order valence-electron chi connectivity index (χ1n) is 8.03. The molecule has 3 rings (SSSR count). The summed E-state index contributed by atoms with van der Waals surface area (Å²) in [7, 11) is 0. The Hall–Kier alpha value is -2.93. The lowest BCUT2D eigenvalue weighted by molar-refractivity contribution is -0.384. The van der Waals surface area contributed by atoms with Crippen LogP contribution in [0.25, 0.3) is 0 Å². The van der Waals surface area contributed by atoms with E-state index in [-0.39, 0.29) is 34.6 Å². The Morgan fingerprint density at radius 3 is 2.69 bits per heavy atom. The summed E-state index contributed by atoms with van der Waals surface area (Å²) in [6.45, 7) is 0.790. The number of carbonyl (C=O) groups excluding carboxylic acids is 2. The highest BCUT2D eigenvalue weighted by atomic mass is 35.5. The highest BCUT2D eigenvalue weighted by Crippen LogP contribution is 2.25. The fraction of sp³-hybridized carbons (Fsp3) is 0.222. The number of rotatable bonds is 5. The van der Waals surface area contributed by atoms with Crippen molar-refractivity contribution in [3.05, 3.63) is 69.2 Å². The fourth-order valence-corrected chi connectivity index (χ4v) is 3.11. The minimum absolute atomic E-state index is 0.00355. The topological polar surface area (TPSA) is 92.6 Å². The highest BCUT2D eigenvalue weighted by Gasteiger charge is 2.30. The van der Waals surface area contributed by atoms with Crippen LogP contribution in [0.3, 0.4) is 0 Å². The molecule has 0 bridgehead atoms. The third-order valence-corrected chi connectivity index (χ3v) is 4.56. The Labute approximate surface area is 154 Å². The Balaban J connectivity index is 1.63. The van der Waals surface area contributed by atoms with Crippen LogP contribution in [0.4, 0.5) is 11.4 Å². The maximum atomic E-state index is 12.3. The summed E-state index contributed by atoms with van der Waals surface area (Å²) in [5.74, 6) is -0.530. The number of benzene rings is 2. The lowest BCUT2D eigenvalue weighted by atomic mass is 10.1. The first kappa shape index (κ1) is 17.9. The number of nitrogens with zero attached hydrogens (tertiary/aromatic N) is 2. The maximum Gasteiger partial charge on any atom is 0.270 e. The van der Waals surface area contributed by atoms with E-state index in [1.807, 2.05) is 30.3 Å². The predicted octanol–water partition coefficient (Wildman–Crippen LogP) is 3.03. The third-order valence-electron chi connectivity index (χ3n) is 4.23. The lowest BCUT2D eigenvalue weighted by Crippen LogP contribution is -2.31. The zero-order valence-electron chi connectivity index (χ0n) is 13.7. The first-order chi connectivity index (χ1) is 12.5. The van der Waals surface area contributed by atoms with Crippen LogP contribution in [0.1, 0.15) is 16.8 Å². The Morgan fingerprint density at radius 2 is 2.00 bits per heavy atom. The van der Waals surface area contributed by atoms with Gasteiger partial charge in [0.15, 0.2) is 0 Å². The monoisotopic (exact) mass is 373 g/mol. The van der Waals surface area contributed by atoms with Crippen molar-refractivity contribution in [2.24, 2.45) is 5.92 Å². The summed E-state index contributed by atoms with van der Waals surface area (Å²) in [6, 6.07) is 13.0. The van der Waals surface area contributed by atoms with E-state index in [9.17, 15) is 19.7 Å². The van der Waals surface area contributed by atoms with Gasteiger partial charge in [-0.1, -0.05) is 29.8 Å². The van der Waals surface area contributed by atoms with E-state index in [4.69, 9.17) is 11.6 Å². The second-order valence-corrected chi connectivity index (χ2v) is 6.45. The molecular weight excluding hydrogens is 358 g/mol. The minimum Gasteiger partial charge on any atom is -0.352 e. The van der Waals surface area contributed by atoms with Crippen molar-refractivity contribution in [3.8, 4) is 0 Å². The van der Waals surface area contributed by atoms with E-state index in [0.717, 1.165) is 11.8 Å². The summed E-state index contributed by atoms with van der Waals surface area (Å²) in [6.07, 6.45) is 0.331. The molecule has 0 spiro atoms. The molecule has 1 aliphatic rings. The zero-order valence-corrected chi connectivity index (χ0v) is 14.5. The molecule has 2 aromatic rings. The molecule has 134 valence electrons. The van der Waals surface area contributed by atoms with E-state index in [2.05, 4.69) is 5.32 Å². The van der Waals surface area contributed by atoms with Gasteiger partial charge in [-0.05, 0) is 18.2 Å². The van der Waals surface area contributed by atoms with E-state index in [1.165, 1.54) is 12.1 Å². The number of non-ortho nitro benzene ring substituents is 1. The van der Waals surface area contributed by atoms with Crippen molar-refractivity contribution in [3.63, 3.8) is 0 Å². The molecule has 26 heavy (non-hydrogen) atoms. The van der Waals surface area contributed by atoms with Crippen molar-refractivity contribution in [2.45, 2.75) is 6.42 Å². The molecular formula is C18H16ClN3O4. The molecule has 8 heteroatoms. The summed E-state index contributed by atoms with van der Waals surface area (Å²) in [4.78, 5) is 36.5. The van der Waals surface area contributed by atoms with Gasteiger partial charge in [0.25, 0.3) is 11.6 Å². The largest absolute Gasteiger partial charge is 0.352 e. The average molecular weight is 374 g/mol. The maximum absolute atomic E-state index is 12.3. The van der Waals surface area contributed by atoms with Crippen molar-refractivity contribution in [1.82, 2.24) is 5.32 Å². The Bertz CT molecular complexity index is 857. The van der Waals surface area contributed by atoms with Crippen LogP contribution in [0, 0.1) is 16.0 Å². The molecule has 2 amide bonds. The second-order valence-electron chi connectivity index (χ2n) is 6.04. The van der Waals surface area contributed by atoms with E-state index in [0.29, 0.717) is 13.0 Å². The number of hydrogen-bond donors (Lipinski definition) is 1. The minimum atomic E-state index is -0.583. The molecule has 2 aromatic carbocycles. The number of para-hydroxylation sites is 1. The van der Waals surface area contributed by atoms with Gasteiger partial charge in [-0.25, -0.2) is 0 Å². The van der Waals surface area contributed by atoms with Crippen LogP contribution in [0.2, 0.25) is 5.02 Å². The molecule has 0 radical (unpaired) electrons. The van der Waals surface area contributed by atoms with Crippen LogP contribution >= 0.6 is 11.6 Å². The van der Waals surface area contributed by atoms with Crippen LogP contribution in [0.15, 0.2) is 48.5 Å². The molecule has 1 unspecified atom stereocenters. The zero-order chi connectivity index (χ0) is 18.7. The van der Waals surface area contributed by atoms with Crippen LogP contribution in [0.5, 0.6) is 0 Å². The summed E-state index contributed by atoms with van der Waals surface area (Å²) < 4.78 is 0. The number of nitrogens with one attached hydrogen (secondary N) is 1. The molecule has 1 saturated heterocycles. The lowest BCUT2D eigenvalue weighted by Gasteiger charge is -2.17. The van der Waals surface area contributed by atoms with Crippen LogP contribution in [-0.2, 0) is 4.79 Å². The van der Waals surface area contributed by atoms with Gasteiger partial charge in [-0.15, -0.1) is 0 Å². The molecule has 1 N–H and O–H groups in total. The molecule has 7 nitrogen and oxygen atoms in total. The van der Waals surface area contributed by atoms with E-state index < -0.39 is 10.8 Å². The van der Waals surface area contributed by atoms with Crippen LogP contribution < -0.4 is 10.2 Å². The number of halogens is 1. The Morgan fingerprint density at radius 1 is 1.27 bits per heavy atom. The van der Waals surface area contributed by atoms with Gasteiger partial charge in [0, 0.05) is 43.2 Å². The van der Waals surface area contributed by atoms with Gasteiger partial charge in [0.1, 0.15) is 0 Å². The molecule has 0 aliphatic carbocycles. The van der Waals surface area contributed by atoms with Gasteiger partial charge in [-0.3, -0.25) is 19.7 Å². The van der Waals surface area contributed by atoms with Gasteiger partial charge in [0.2, 0.25) is 5.91 Å². The second kappa shape index (κ2) is 7.53. The molecule has 1 atom stereocenters. The third kappa shape index (κ3) is 3.83. The molecule has 1 aliphatic heterocycles. The first-order valence-corrected chi connectivity index (χ1v) is 8.41. The number of nitro groups is 1. The molecule has 1 heterocycles. The number of amides is 2. The fourth-order valence-electron chi connectivity index (χ4n) is 2.91. The van der Waals surface area contributed by atoms with E-state index in [1.54, 1.807) is 4.90 Å². The van der Waals surface area contributed by atoms with Gasteiger partial charge < -0.3 is 10.2 Å². The summed E-state index contributed by atoms with van der Waals surface area (Å²) in [5.41, 5.74) is 0.670. The Kier molecular flexibility index (Phi) is 5.18. The van der Waals surface area contributed by atoms with E-state index >= 15 is 0 Å². The molecule has 1 fully saturated rings. The standard InChI is InChI=1S/C18H16ClN3O4/c19-16-7-6-14(22(25)26)9-15(16)18(24)20-10-12-8-17(23)21(11-12)13-4-2-1-3-5-13/h1-7,9,12H,8,10-11H2,(H,20,24). The summed E-state index contributed by atoms with van der Waals surface area (Å²) >= 11 is 5.97. The van der Waals surface area contributed by atoms with Crippen LogP contribution in [-0.4, -0.2) is 29.8 Å². The van der Waals surface area contributed by atoms with Gasteiger partial charge in [0.05, 0.1) is 15.5 Å². The van der Waals surface area contributed by atoms with Gasteiger partial charge in [-0.2, -0.15) is 0 Å². The van der Waals surface area contributed by atoms with Crippen molar-refractivity contribution >= 4 is 34.8 Å². The SMILES string of the molecule is O=C(NCC1CC(=O)N(c2ccccc2)C1)c1cc([N+](=O)[O-])ccc1Cl. The predicted molar refractivity (Wildman–Crippen MR) is 97.3 cm³/mol. The number of anilines is 1. The summed E-state index contributed by atoms with van der Waals surface area (Å²) in [5, 5.41) is 13.7. The van der Waals surface area contributed by atoms with Crippen molar-refractivity contribution < 1.29 is 14.5 Å².